The molecule has 0 bridgehead atoms. The molecule has 1 heterocycles. The number of hydrogen-bond acceptors (Lipinski definition) is 4. The highest BCUT2D eigenvalue weighted by atomic mass is 16.1. The van der Waals surface area contributed by atoms with Crippen LogP contribution in [-0.4, -0.2) is 22.4 Å². The van der Waals surface area contributed by atoms with Crippen molar-refractivity contribution in [1.82, 2.24) is 15.3 Å². The Morgan fingerprint density at radius 1 is 1.09 bits per heavy atom. The lowest BCUT2D eigenvalue weighted by Crippen LogP contribution is -2.24. The Bertz CT molecular complexity index is 608. The number of carbonyl (C=O) groups excluding carboxylic acids is 1. The Morgan fingerprint density at radius 3 is 2.52 bits per heavy atom. The molecule has 1 amide bonds. The van der Waals surface area contributed by atoms with E-state index in [1.807, 2.05) is 31.2 Å². The van der Waals surface area contributed by atoms with E-state index < -0.39 is 0 Å². The number of nitrogens with zero attached hydrogens (tertiary/aromatic N) is 2. The van der Waals surface area contributed by atoms with Crippen molar-refractivity contribution < 1.29 is 4.79 Å². The van der Waals surface area contributed by atoms with E-state index in [4.69, 9.17) is 0 Å². The first-order valence-electron chi connectivity index (χ1n) is 8.08. The van der Waals surface area contributed by atoms with Crippen LogP contribution in [0.5, 0.6) is 0 Å². The average Bonchev–Trinajstić information content (AvgIpc) is 2.58. The van der Waals surface area contributed by atoms with Gasteiger partial charge in [0.1, 0.15) is 11.5 Å². The highest BCUT2D eigenvalue weighted by molar-refractivity contribution is 5.91. The molecule has 2 rings (SSSR count). The molecule has 122 valence electrons. The molecule has 0 aliphatic carbocycles. The molecule has 5 heteroatoms. The summed E-state index contributed by atoms with van der Waals surface area (Å²) in [5.74, 6) is 0.492. The van der Waals surface area contributed by atoms with Gasteiger partial charge in [0, 0.05) is 13.1 Å². The van der Waals surface area contributed by atoms with Gasteiger partial charge in [-0.2, -0.15) is 0 Å². The SMILES string of the molecule is CCCCCNc1cnc(C(=O)NCc2ccc(C)cc2)cn1. The van der Waals surface area contributed by atoms with Crippen LogP contribution in [0.3, 0.4) is 0 Å². The number of anilines is 1. The van der Waals surface area contributed by atoms with Crippen LogP contribution >= 0.6 is 0 Å². The van der Waals surface area contributed by atoms with E-state index in [1.54, 1.807) is 6.20 Å². The third kappa shape index (κ3) is 5.70. The summed E-state index contributed by atoms with van der Waals surface area (Å²) in [4.78, 5) is 20.5. The summed E-state index contributed by atoms with van der Waals surface area (Å²) in [7, 11) is 0. The molecule has 0 aliphatic rings. The van der Waals surface area contributed by atoms with Gasteiger partial charge in [0.15, 0.2) is 0 Å². The lowest BCUT2D eigenvalue weighted by atomic mass is 10.1. The van der Waals surface area contributed by atoms with Crippen molar-refractivity contribution in [1.29, 1.82) is 0 Å². The van der Waals surface area contributed by atoms with E-state index in [-0.39, 0.29) is 5.91 Å². The second-order valence-corrected chi connectivity index (χ2v) is 5.59. The minimum absolute atomic E-state index is 0.212. The minimum Gasteiger partial charge on any atom is -0.369 e. The lowest BCUT2D eigenvalue weighted by molar-refractivity contribution is 0.0945. The Balaban J connectivity index is 1.81. The van der Waals surface area contributed by atoms with Crippen molar-refractivity contribution in [2.24, 2.45) is 0 Å². The molecule has 2 N–H and O–H groups in total. The molecule has 0 spiro atoms. The van der Waals surface area contributed by atoms with E-state index in [2.05, 4.69) is 27.5 Å². The van der Waals surface area contributed by atoms with Crippen LogP contribution in [-0.2, 0) is 6.54 Å². The van der Waals surface area contributed by atoms with Gasteiger partial charge in [0.2, 0.25) is 0 Å². The zero-order chi connectivity index (χ0) is 16.5. The van der Waals surface area contributed by atoms with Gasteiger partial charge in [0.25, 0.3) is 5.91 Å². The number of rotatable bonds is 8. The zero-order valence-electron chi connectivity index (χ0n) is 13.8. The molecule has 1 aromatic carbocycles. The third-order valence-corrected chi connectivity index (χ3v) is 3.54. The molecule has 0 radical (unpaired) electrons. The molecule has 23 heavy (non-hydrogen) atoms. The van der Waals surface area contributed by atoms with Gasteiger partial charge in [-0.1, -0.05) is 49.6 Å². The molecule has 0 atom stereocenters. The molecule has 0 unspecified atom stereocenters. The Kier molecular flexibility index (Phi) is 6.54. The van der Waals surface area contributed by atoms with Crippen molar-refractivity contribution in [2.75, 3.05) is 11.9 Å². The predicted molar refractivity (Wildman–Crippen MR) is 92.4 cm³/mol. The van der Waals surface area contributed by atoms with Gasteiger partial charge in [-0.25, -0.2) is 9.97 Å². The van der Waals surface area contributed by atoms with Crippen molar-refractivity contribution in [3.63, 3.8) is 0 Å². The van der Waals surface area contributed by atoms with Gasteiger partial charge in [-0.3, -0.25) is 4.79 Å². The van der Waals surface area contributed by atoms with Crippen molar-refractivity contribution in [3.8, 4) is 0 Å². The number of aryl methyl sites for hydroxylation is 1. The maximum absolute atomic E-state index is 12.1. The normalized spacial score (nSPS) is 10.3. The number of aromatic nitrogens is 2. The molecule has 1 aromatic heterocycles. The van der Waals surface area contributed by atoms with Crippen LogP contribution in [0.25, 0.3) is 0 Å². The maximum atomic E-state index is 12.1. The fourth-order valence-electron chi connectivity index (χ4n) is 2.11. The molecule has 0 saturated carbocycles. The quantitative estimate of drug-likeness (QED) is 0.734. The van der Waals surface area contributed by atoms with Crippen LogP contribution in [0.1, 0.15) is 47.8 Å². The van der Waals surface area contributed by atoms with E-state index >= 15 is 0 Å². The maximum Gasteiger partial charge on any atom is 0.271 e. The first kappa shape index (κ1) is 16.9. The van der Waals surface area contributed by atoms with Crippen LogP contribution in [0.4, 0.5) is 5.82 Å². The molecular formula is C18H24N4O. The summed E-state index contributed by atoms with van der Waals surface area (Å²) in [5, 5.41) is 6.06. The second kappa shape index (κ2) is 8.88. The number of hydrogen-bond donors (Lipinski definition) is 2. The van der Waals surface area contributed by atoms with Crippen LogP contribution in [0.2, 0.25) is 0 Å². The standard InChI is InChI=1S/C18H24N4O/c1-3-4-5-10-19-17-13-20-16(12-21-17)18(23)22-11-15-8-6-14(2)7-9-15/h6-9,12-13H,3-5,10-11H2,1-2H3,(H,19,21)(H,22,23). The Morgan fingerprint density at radius 2 is 1.87 bits per heavy atom. The van der Waals surface area contributed by atoms with Crippen molar-refractivity contribution in [2.45, 2.75) is 39.7 Å². The zero-order valence-corrected chi connectivity index (χ0v) is 13.8. The molecular weight excluding hydrogens is 288 g/mol. The summed E-state index contributed by atoms with van der Waals surface area (Å²) in [6.45, 7) is 5.57. The molecule has 0 fully saturated rings. The number of amides is 1. The van der Waals surface area contributed by atoms with E-state index in [0.29, 0.717) is 18.1 Å². The summed E-state index contributed by atoms with van der Waals surface area (Å²) in [6, 6.07) is 8.07. The third-order valence-electron chi connectivity index (χ3n) is 3.54. The molecule has 0 aliphatic heterocycles. The topological polar surface area (TPSA) is 66.9 Å². The largest absolute Gasteiger partial charge is 0.369 e. The number of carbonyl (C=O) groups is 1. The second-order valence-electron chi connectivity index (χ2n) is 5.59. The number of benzene rings is 1. The summed E-state index contributed by atoms with van der Waals surface area (Å²) < 4.78 is 0. The van der Waals surface area contributed by atoms with E-state index in [1.165, 1.54) is 24.6 Å². The first-order valence-corrected chi connectivity index (χ1v) is 8.08. The predicted octanol–water partition coefficient (Wildman–Crippen LogP) is 3.32. The van der Waals surface area contributed by atoms with Gasteiger partial charge < -0.3 is 10.6 Å². The monoisotopic (exact) mass is 312 g/mol. The summed E-state index contributed by atoms with van der Waals surface area (Å²) in [5.41, 5.74) is 2.59. The van der Waals surface area contributed by atoms with E-state index in [9.17, 15) is 4.79 Å². The van der Waals surface area contributed by atoms with E-state index in [0.717, 1.165) is 18.5 Å². The Hall–Kier alpha value is -2.43. The van der Waals surface area contributed by atoms with Gasteiger partial charge in [-0.15, -0.1) is 0 Å². The van der Waals surface area contributed by atoms with Crippen LogP contribution < -0.4 is 10.6 Å². The Labute approximate surface area is 137 Å². The summed E-state index contributed by atoms with van der Waals surface area (Å²) in [6.07, 6.45) is 6.60. The lowest BCUT2D eigenvalue weighted by Gasteiger charge is -2.07. The molecule has 0 saturated heterocycles. The van der Waals surface area contributed by atoms with Crippen molar-refractivity contribution in [3.05, 3.63) is 53.5 Å². The fourth-order valence-corrected chi connectivity index (χ4v) is 2.11. The van der Waals surface area contributed by atoms with Crippen LogP contribution in [0.15, 0.2) is 36.7 Å². The number of nitrogens with one attached hydrogen (secondary N) is 2. The molecule has 5 nitrogen and oxygen atoms in total. The van der Waals surface area contributed by atoms with Crippen molar-refractivity contribution >= 4 is 11.7 Å². The fraction of sp³-hybridized carbons (Fsp3) is 0.389. The van der Waals surface area contributed by atoms with Gasteiger partial charge in [0.05, 0.1) is 12.4 Å². The molecule has 2 aromatic rings. The van der Waals surface area contributed by atoms with Gasteiger partial charge in [-0.05, 0) is 18.9 Å². The minimum atomic E-state index is -0.212. The first-order chi connectivity index (χ1) is 11.2. The average molecular weight is 312 g/mol. The van der Waals surface area contributed by atoms with Crippen LogP contribution in [0, 0.1) is 6.92 Å². The van der Waals surface area contributed by atoms with Gasteiger partial charge >= 0.3 is 0 Å². The summed E-state index contributed by atoms with van der Waals surface area (Å²) >= 11 is 0. The number of unbranched alkanes of at least 4 members (excludes halogenated alkanes) is 2. The highest BCUT2D eigenvalue weighted by Crippen LogP contribution is 2.05. The smallest absolute Gasteiger partial charge is 0.271 e. The highest BCUT2D eigenvalue weighted by Gasteiger charge is 2.07.